The van der Waals surface area contributed by atoms with Gasteiger partial charge in [0.2, 0.25) is 5.91 Å². The van der Waals surface area contributed by atoms with E-state index >= 15 is 0 Å². The number of fused-ring (bicyclic) bond motifs is 1. The molecule has 0 fully saturated rings. The highest BCUT2D eigenvalue weighted by atomic mass is 16.5. The molecule has 0 radical (unpaired) electrons. The summed E-state index contributed by atoms with van der Waals surface area (Å²) in [6, 6.07) is 12.5. The number of benzene rings is 2. The molecular weight excluding hydrogens is 368 g/mol. The second-order valence-electron chi connectivity index (χ2n) is 7.54. The van der Waals surface area contributed by atoms with Crippen LogP contribution in [0.25, 0.3) is 0 Å². The molecule has 2 amide bonds. The molecule has 0 aromatic heterocycles. The van der Waals surface area contributed by atoms with Gasteiger partial charge in [-0.3, -0.25) is 9.59 Å². The molecule has 1 atom stereocenters. The van der Waals surface area contributed by atoms with E-state index in [1.165, 1.54) is 18.2 Å². The molecule has 1 N–H and O–H groups in total. The fourth-order valence-corrected chi connectivity index (χ4v) is 3.60. The Morgan fingerprint density at radius 3 is 2.34 bits per heavy atom. The molecule has 1 aliphatic heterocycles. The van der Waals surface area contributed by atoms with Gasteiger partial charge in [0.25, 0.3) is 5.91 Å². The second kappa shape index (κ2) is 8.99. The maximum Gasteiger partial charge on any atom is 0.252 e. The van der Waals surface area contributed by atoms with Crippen LogP contribution in [0, 0.1) is 5.92 Å². The number of carbonyl (C=O) groups excluding carboxylic acids is 2. The minimum atomic E-state index is -0.596. The SMILES string of the molecule is COc1ccc(C(=O)N[C@@H](C(=O)N2CCc3ccccc3C2)C(C)C)cc1OC. The van der Waals surface area contributed by atoms with Crippen LogP contribution in [-0.2, 0) is 17.8 Å². The minimum Gasteiger partial charge on any atom is -0.493 e. The summed E-state index contributed by atoms with van der Waals surface area (Å²) in [5.41, 5.74) is 2.87. The fraction of sp³-hybridized carbons (Fsp3) is 0.391. The number of rotatable bonds is 6. The van der Waals surface area contributed by atoms with Gasteiger partial charge in [-0.1, -0.05) is 38.1 Å². The van der Waals surface area contributed by atoms with Crippen molar-refractivity contribution < 1.29 is 19.1 Å². The van der Waals surface area contributed by atoms with E-state index in [9.17, 15) is 9.59 Å². The lowest BCUT2D eigenvalue weighted by atomic mass is 9.97. The Labute approximate surface area is 171 Å². The minimum absolute atomic E-state index is 0.0382. The van der Waals surface area contributed by atoms with Crippen LogP contribution in [0.2, 0.25) is 0 Å². The van der Waals surface area contributed by atoms with Crippen molar-refractivity contribution in [3.8, 4) is 11.5 Å². The number of hydrogen-bond donors (Lipinski definition) is 1. The quantitative estimate of drug-likeness (QED) is 0.815. The monoisotopic (exact) mass is 396 g/mol. The van der Waals surface area contributed by atoms with Gasteiger partial charge in [0.05, 0.1) is 14.2 Å². The van der Waals surface area contributed by atoms with Crippen LogP contribution >= 0.6 is 0 Å². The van der Waals surface area contributed by atoms with Crippen molar-refractivity contribution in [1.29, 1.82) is 0 Å². The van der Waals surface area contributed by atoms with Crippen LogP contribution in [0.5, 0.6) is 11.5 Å². The van der Waals surface area contributed by atoms with E-state index in [-0.39, 0.29) is 17.7 Å². The summed E-state index contributed by atoms with van der Waals surface area (Å²) >= 11 is 0. The molecule has 2 aromatic carbocycles. The van der Waals surface area contributed by atoms with Gasteiger partial charge >= 0.3 is 0 Å². The van der Waals surface area contributed by atoms with Crippen molar-refractivity contribution in [3.63, 3.8) is 0 Å². The third kappa shape index (κ3) is 4.53. The molecule has 6 nitrogen and oxygen atoms in total. The van der Waals surface area contributed by atoms with E-state index in [4.69, 9.17) is 9.47 Å². The zero-order valence-corrected chi connectivity index (χ0v) is 17.4. The predicted molar refractivity (Wildman–Crippen MR) is 111 cm³/mol. The van der Waals surface area contributed by atoms with Crippen molar-refractivity contribution in [1.82, 2.24) is 10.2 Å². The van der Waals surface area contributed by atoms with Crippen LogP contribution < -0.4 is 14.8 Å². The summed E-state index contributed by atoms with van der Waals surface area (Å²) < 4.78 is 10.5. The number of carbonyl (C=O) groups is 2. The molecule has 29 heavy (non-hydrogen) atoms. The van der Waals surface area contributed by atoms with E-state index in [1.807, 2.05) is 30.9 Å². The molecule has 0 saturated heterocycles. The summed E-state index contributed by atoms with van der Waals surface area (Å²) in [7, 11) is 3.07. The van der Waals surface area contributed by atoms with E-state index in [0.717, 1.165) is 6.42 Å². The third-order valence-electron chi connectivity index (χ3n) is 5.31. The van der Waals surface area contributed by atoms with Gasteiger partial charge in [0, 0.05) is 18.7 Å². The largest absolute Gasteiger partial charge is 0.493 e. The van der Waals surface area contributed by atoms with Crippen LogP contribution in [0.15, 0.2) is 42.5 Å². The molecule has 2 aromatic rings. The average Bonchev–Trinajstić information content (AvgIpc) is 2.75. The molecule has 6 heteroatoms. The zero-order valence-electron chi connectivity index (χ0n) is 17.4. The first kappa shape index (κ1) is 20.7. The highest BCUT2D eigenvalue weighted by Crippen LogP contribution is 2.27. The molecule has 0 saturated carbocycles. The number of nitrogens with zero attached hydrogens (tertiary/aromatic N) is 1. The lowest BCUT2D eigenvalue weighted by molar-refractivity contribution is -0.135. The Balaban J connectivity index is 1.75. The summed E-state index contributed by atoms with van der Waals surface area (Å²) in [5.74, 6) is 0.621. The molecule has 1 aliphatic rings. The summed E-state index contributed by atoms with van der Waals surface area (Å²) in [6.45, 7) is 5.11. The summed E-state index contributed by atoms with van der Waals surface area (Å²) in [4.78, 5) is 27.9. The molecule has 0 spiro atoms. The van der Waals surface area contributed by atoms with Crippen molar-refractivity contribution >= 4 is 11.8 Å². The normalized spacial score (nSPS) is 14.2. The molecule has 0 unspecified atom stereocenters. The van der Waals surface area contributed by atoms with E-state index in [1.54, 1.807) is 25.3 Å². The highest BCUT2D eigenvalue weighted by Gasteiger charge is 2.31. The van der Waals surface area contributed by atoms with Gasteiger partial charge < -0.3 is 19.7 Å². The van der Waals surface area contributed by atoms with Gasteiger partial charge in [0.1, 0.15) is 6.04 Å². The Kier molecular flexibility index (Phi) is 6.42. The fourth-order valence-electron chi connectivity index (χ4n) is 3.60. The Hall–Kier alpha value is -3.02. The van der Waals surface area contributed by atoms with Crippen LogP contribution in [0.4, 0.5) is 0 Å². The van der Waals surface area contributed by atoms with Gasteiger partial charge in [-0.15, -0.1) is 0 Å². The van der Waals surface area contributed by atoms with Crippen molar-refractivity contribution in [2.75, 3.05) is 20.8 Å². The highest BCUT2D eigenvalue weighted by molar-refractivity contribution is 5.98. The number of nitrogens with one attached hydrogen (secondary N) is 1. The van der Waals surface area contributed by atoms with Gasteiger partial charge in [-0.2, -0.15) is 0 Å². The average molecular weight is 396 g/mol. The first-order valence-electron chi connectivity index (χ1n) is 9.83. The number of methoxy groups -OCH3 is 2. The van der Waals surface area contributed by atoms with Crippen molar-refractivity contribution in [2.45, 2.75) is 32.9 Å². The van der Waals surface area contributed by atoms with Crippen LogP contribution in [0.1, 0.15) is 35.3 Å². The molecular formula is C23H28N2O4. The van der Waals surface area contributed by atoms with Gasteiger partial charge in [0.15, 0.2) is 11.5 Å². The van der Waals surface area contributed by atoms with Gasteiger partial charge in [-0.05, 0) is 41.7 Å². The zero-order chi connectivity index (χ0) is 21.0. The predicted octanol–water partition coefficient (Wildman–Crippen LogP) is 3.04. The Morgan fingerprint density at radius 2 is 1.69 bits per heavy atom. The van der Waals surface area contributed by atoms with Gasteiger partial charge in [-0.25, -0.2) is 0 Å². The van der Waals surface area contributed by atoms with E-state index < -0.39 is 6.04 Å². The molecule has 1 heterocycles. The molecule has 154 valence electrons. The first-order valence-corrected chi connectivity index (χ1v) is 9.83. The summed E-state index contributed by atoms with van der Waals surface area (Å²) in [5, 5.41) is 2.92. The number of amides is 2. The number of ether oxygens (including phenoxy) is 2. The number of hydrogen-bond acceptors (Lipinski definition) is 4. The molecule has 0 aliphatic carbocycles. The Bertz CT molecular complexity index is 894. The van der Waals surface area contributed by atoms with Crippen LogP contribution in [0.3, 0.4) is 0 Å². The van der Waals surface area contributed by atoms with Crippen molar-refractivity contribution in [3.05, 3.63) is 59.2 Å². The van der Waals surface area contributed by atoms with E-state index in [0.29, 0.717) is 30.2 Å². The Morgan fingerprint density at radius 1 is 1.00 bits per heavy atom. The third-order valence-corrected chi connectivity index (χ3v) is 5.31. The lowest BCUT2D eigenvalue weighted by Gasteiger charge is -2.33. The van der Waals surface area contributed by atoms with Crippen molar-refractivity contribution in [2.24, 2.45) is 5.92 Å². The topological polar surface area (TPSA) is 67.9 Å². The maximum atomic E-state index is 13.2. The smallest absolute Gasteiger partial charge is 0.252 e. The molecule has 3 rings (SSSR count). The molecule has 0 bridgehead atoms. The van der Waals surface area contributed by atoms with Crippen LogP contribution in [-0.4, -0.2) is 43.5 Å². The second-order valence-corrected chi connectivity index (χ2v) is 7.54. The van der Waals surface area contributed by atoms with E-state index in [2.05, 4.69) is 17.4 Å². The standard InChI is InChI=1S/C23H28N2O4/c1-15(2)21(23(27)25-12-11-16-7-5-6-8-18(16)14-25)24-22(26)17-9-10-19(28-3)20(13-17)29-4/h5-10,13,15,21H,11-12,14H2,1-4H3,(H,24,26)/t21-/m1/s1. The summed E-state index contributed by atoms with van der Waals surface area (Å²) in [6.07, 6.45) is 0.830. The maximum absolute atomic E-state index is 13.2. The first-order chi connectivity index (χ1) is 13.9. The lowest BCUT2D eigenvalue weighted by Crippen LogP contribution is -2.52.